The lowest BCUT2D eigenvalue weighted by molar-refractivity contribution is 0.104. The Labute approximate surface area is 266 Å². The molecule has 0 unspecified atom stereocenters. The number of hydrogen-bond donors (Lipinski definition) is 2. The highest BCUT2D eigenvalue weighted by Crippen LogP contribution is 2.41. The first kappa shape index (κ1) is 33.3. The number of likely N-dealkylation sites (tertiary alicyclic amines) is 1. The summed E-state index contributed by atoms with van der Waals surface area (Å²) in [6.07, 6.45) is 3.85. The molecule has 5 rings (SSSR count). The van der Waals surface area contributed by atoms with Gasteiger partial charge in [0.05, 0.1) is 5.38 Å². The predicted octanol–water partition coefficient (Wildman–Crippen LogP) is 8.57. The van der Waals surface area contributed by atoms with Crippen molar-refractivity contribution in [3.8, 4) is 27.7 Å². The molecule has 3 aromatic carbocycles. The van der Waals surface area contributed by atoms with Crippen LogP contribution in [0.3, 0.4) is 0 Å². The van der Waals surface area contributed by atoms with Crippen LogP contribution in [0.2, 0.25) is 0 Å². The van der Waals surface area contributed by atoms with Crippen LogP contribution in [0.4, 0.5) is 0 Å². The molecule has 0 bridgehead atoms. The van der Waals surface area contributed by atoms with E-state index in [0.717, 1.165) is 45.9 Å². The zero-order valence-electron chi connectivity index (χ0n) is 22.4. The Balaban J connectivity index is 0.000000599. The number of carbonyl (C=O) groups excluding carboxylic acids is 1. The monoisotopic (exact) mass is 655 g/mol. The molecule has 1 fully saturated rings. The van der Waals surface area contributed by atoms with Gasteiger partial charge in [-0.3, -0.25) is 9.69 Å². The van der Waals surface area contributed by atoms with Gasteiger partial charge in [0.15, 0.2) is 5.78 Å². The number of phenols is 2. The highest BCUT2D eigenvalue weighted by atomic mass is 35.5. The van der Waals surface area contributed by atoms with Crippen molar-refractivity contribution in [2.24, 2.45) is 0 Å². The molecule has 1 aromatic heterocycles. The summed E-state index contributed by atoms with van der Waals surface area (Å²) in [5.41, 5.74) is 2.03. The summed E-state index contributed by atoms with van der Waals surface area (Å²) >= 11 is 17.3. The molecule has 0 atom stereocenters. The lowest BCUT2D eigenvalue weighted by Crippen LogP contribution is -2.33. The largest absolute Gasteiger partial charge is 0.508 e. The van der Waals surface area contributed by atoms with Gasteiger partial charge in [0.1, 0.15) is 23.9 Å². The standard InChI is InChI=1S/C28H27NO4S.C3H5Cl3.ClH/c30-21-8-4-20(5-9-21)28-26(24-13-10-22(31)18-25(24)34-28)27(32)19-6-11-23(12-7-19)33-17-16-29-14-2-1-3-15-29;4-1-3(6)2-5;/h4-13,18,30-31H,1-3,14-17H2;3H,1-2H2;1H. The Bertz CT molecular complexity index is 1390. The van der Waals surface area contributed by atoms with Gasteiger partial charge < -0.3 is 14.9 Å². The lowest BCUT2D eigenvalue weighted by Gasteiger charge is -2.26. The average molecular weight is 657 g/mol. The quantitative estimate of drug-likeness (QED) is 0.140. The lowest BCUT2D eigenvalue weighted by atomic mass is 9.97. The number of aromatic hydroxyl groups is 2. The summed E-state index contributed by atoms with van der Waals surface area (Å²) in [5.74, 6) is 1.88. The Morgan fingerprint density at radius 2 is 1.54 bits per heavy atom. The van der Waals surface area contributed by atoms with Crippen molar-refractivity contribution < 1.29 is 19.7 Å². The number of nitrogens with zero attached hydrogens (tertiary/aromatic N) is 1. The molecule has 2 N–H and O–H groups in total. The van der Waals surface area contributed by atoms with E-state index in [4.69, 9.17) is 39.5 Å². The van der Waals surface area contributed by atoms with E-state index in [1.165, 1.54) is 30.6 Å². The van der Waals surface area contributed by atoms with Crippen LogP contribution in [0.5, 0.6) is 17.2 Å². The number of ether oxygens (including phenoxy) is 1. The second kappa shape index (κ2) is 16.4. The molecular weight excluding hydrogens is 624 g/mol. The Kier molecular flexibility index (Phi) is 13.4. The number of carbonyl (C=O) groups is 1. The minimum absolute atomic E-state index is 0. The van der Waals surface area contributed by atoms with Crippen LogP contribution in [0.1, 0.15) is 35.2 Å². The van der Waals surface area contributed by atoms with Crippen molar-refractivity contribution in [3.05, 3.63) is 77.9 Å². The van der Waals surface area contributed by atoms with Crippen molar-refractivity contribution in [1.29, 1.82) is 0 Å². The molecule has 4 aromatic rings. The van der Waals surface area contributed by atoms with Crippen LogP contribution < -0.4 is 4.74 Å². The van der Waals surface area contributed by atoms with E-state index in [9.17, 15) is 15.0 Å². The molecule has 1 aliphatic heterocycles. The number of benzene rings is 3. The van der Waals surface area contributed by atoms with Gasteiger partial charge in [0.2, 0.25) is 0 Å². The summed E-state index contributed by atoms with van der Waals surface area (Å²) in [4.78, 5) is 16.9. The van der Waals surface area contributed by atoms with E-state index in [2.05, 4.69) is 4.90 Å². The fourth-order valence-corrected chi connectivity index (χ4v) is 6.06. The highest BCUT2D eigenvalue weighted by Gasteiger charge is 2.22. The van der Waals surface area contributed by atoms with Crippen LogP contribution in [-0.2, 0) is 0 Å². The van der Waals surface area contributed by atoms with E-state index in [1.54, 1.807) is 42.5 Å². The first-order valence-electron chi connectivity index (χ1n) is 13.2. The number of fused-ring (bicyclic) bond motifs is 1. The Hall–Kier alpha value is -2.19. The van der Waals surface area contributed by atoms with Crippen LogP contribution in [-0.4, -0.2) is 64.3 Å². The molecule has 220 valence electrons. The molecule has 0 saturated carbocycles. The Morgan fingerprint density at radius 3 is 2.15 bits per heavy atom. The van der Waals surface area contributed by atoms with Crippen LogP contribution >= 0.6 is 58.5 Å². The van der Waals surface area contributed by atoms with Crippen LogP contribution in [0.25, 0.3) is 20.5 Å². The summed E-state index contributed by atoms with van der Waals surface area (Å²) in [7, 11) is 0. The molecule has 0 amide bonds. The third kappa shape index (κ3) is 9.15. The molecule has 5 nitrogen and oxygen atoms in total. The summed E-state index contributed by atoms with van der Waals surface area (Å²) in [5, 5.41) is 20.4. The SMILES string of the molecule is Cl.ClCC(Cl)CCl.O=C(c1ccc(OCCN2CCCCC2)cc1)c1c(-c2ccc(O)cc2)sc2cc(O)ccc12. The van der Waals surface area contributed by atoms with Crippen LogP contribution in [0, 0.1) is 0 Å². The van der Waals surface area contributed by atoms with Gasteiger partial charge in [0.25, 0.3) is 0 Å². The molecule has 0 radical (unpaired) electrons. The second-order valence-electron chi connectivity index (χ2n) is 9.54. The highest BCUT2D eigenvalue weighted by molar-refractivity contribution is 7.22. The number of hydrogen-bond acceptors (Lipinski definition) is 6. The number of halogens is 4. The fourth-order valence-electron chi connectivity index (χ4n) is 4.49. The van der Waals surface area contributed by atoms with Gasteiger partial charge in [-0.25, -0.2) is 0 Å². The smallest absolute Gasteiger partial charge is 0.195 e. The summed E-state index contributed by atoms with van der Waals surface area (Å²) < 4.78 is 6.76. The van der Waals surface area contributed by atoms with E-state index in [0.29, 0.717) is 29.5 Å². The maximum atomic E-state index is 13.6. The maximum absolute atomic E-state index is 13.6. The third-order valence-electron chi connectivity index (χ3n) is 6.61. The topological polar surface area (TPSA) is 70.0 Å². The predicted molar refractivity (Wildman–Crippen MR) is 175 cm³/mol. The number of phenolic OH excluding ortho intramolecular Hbond substituents is 2. The van der Waals surface area contributed by atoms with Crippen molar-refractivity contribution >= 4 is 74.4 Å². The number of ketones is 1. The first-order valence-corrected chi connectivity index (χ1v) is 15.5. The minimum atomic E-state index is -0.0834. The molecule has 41 heavy (non-hydrogen) atoms. The molecule has 1 aliphatic rings. The van der Waals surface area contributed by atoms with Gasteiger partial charge in [-0.15, -0.1) is 58.5 Å². The normalized spacial score (nSPS) is 13.4. The van der Waals surface area contributed by atoms with Gasteiger partial charge in [-0.2, -0.15) is 0 Å². The maximum Gasteiger partial charge on any atom is 0.195 e. The summed E-state index contributed by atoms with van der Waals surface area (Å²) in [6, 6.07) is 19.2. The average Bonchev–Trinajstić information content (AvgIpc) is 3.36. The Morgan fingerprint density at radius 1 is 0.902 bits per heavy atom. The van der Waals surface area contributed by atoms with Crippen molar-refractivity contribution in [3.63, 3.8) is 0 Å². The number of rotatable bonds is 9. The molecule has 0 spiro atoms. The second-order valence-corrected chi connectivity index (χ2v) is 11.8. The van der Waals surface area contributed by atoms with Crippen molar-refractivity contribution in [2.75, 3.05) is 38.0 Å². The van der Waals surface area contributed by atoms with E-state index >= 15 is 0 Å². The number of piperidine rings is 1. The van der Waals surface area contributed by atoms with Gasteiger partial charge in [-0.05, 0) is 98.2 Å². The van der Waals surface area contributed by atoms with Gasteiger partial charge >= 0.3 is 0 Å². The van der Waals surface area contributed by atoms with Gasteiger partial charge in [-0.1, -0.05) is 6.42 Å². The van der Waals surface area contributed by atoms with E-state index in [1.807, 2.05) is 24.3 Å². The number of thiophene rings is 1. The van der Waals surface area contributed by atoms with Crippen LogP contribution in [0.15, 0.2) is 66.7 Å². The molecular formula is C31H33Cl4NO4S. The minimum Gasteiger partial charge on any atom is -0.508 e. The first-order chi connectivity index (χ1) is 19.4. The molecule has 2 heterocycles. The van der Waals surface area contributed by atoms with Crippen molar-refractivity contribution in [2.45, 2.75) is 24.6 Å². The molecule has 10 heteroatoms. The zero-order valence-corrected chi connectivity index (χ0v) is 26.3. The van der Waals surface area contributed by atoms with Gasteiger partial charge in [0, 0.05) is 44.4 Å². The van der Waals surface area contributed by atoms with Crippen molar-refractivity contribution in [1.82, 2.24) is 4.90 Å². The van der Waals surface area contributed by atoms with E-state index in [-0.39, 0.29) is 35.1 Å². The molecule has 1 saturated heterocycles. The zero-order chi connectivity index (χ0) is 28.5. The fraction of sp³-hybridized carbons (Fsp3) is 0.323. The summed E-state index contributed by atoms with van der Waals surface area (Å²) in [6.45, 7) is 3.85. The third-order valence-corrected chi connectivity index (χ3v) is 9.18. The number of alkyl halides is 3. The van der Waals surface area contributed by atoms with E-state index < -0.39 is 0 Å². The molecule has 0 aliphatic carbocycles.